The van der Waals surface area contributed by atoms with Crippen molar-refractivity contribution in [3.63, 3.8) is 0 Å². The van der Waals surface area contributed by atoms with Gasteiger partial charge in [0, 0.05) is 11.5 Å². The standard InChI is InChI=1S/C21H28N2O3/c1-20(2,26-16-6-4-3-5-7-16)19(25)23-17-14-8-13-9-15(17)12-21(10-13,11-14)18(22)24/h3-7,13-15,17H,8-12H2,1-2H3,(H2,22,24)(H,23,25)/t13?,14-,15+,17?,21?. The Bertz CT molecular complexity index is 699. The molecule has 4 fully saturated rings. The van der Waals surface area contributed by atoms with Crippen molar-refractivity contribution in [1.29, 1.82) is 0 Å². The van der Waals surface area contributed by atoms with Gasteiger partial charge in [-0.3, -0.25) is 9.59 Å². The second-order valence-electron chi connectivity index (χ2n) is 9.04. The number of rotatable bonds is 5. The van der Waals surface area contributed by atoms with Crippen LogP contribution >= 0.6 is 0 Å². The Hall–Kier alpha value is -2.04. The molecule has 5 nitrogen and oxygen atoms in total. The number of para-hydroxylation sites is 1. The van der Waals surface area contributed by atoms with Gasteiger partial charge in [-0.05, 0) is 75.8 Å². The van der Waals surface area contributed by atoms with Gasteiger partial charge in [-0.2, -0.15) is 0 Å². The van der Waals surface area contributed by atoms with Crippen molar-refractivity contribution >= 4 is 11.8 Å². The van der Waals surface area contributed by atoms with Crippen molar-refractivity contribution in [3.05, 3.63) is 30.3 Å². The summed E-state index contributed by atoms with van der Waals surface area (Å²) in [6.45, 7) is 3.60. The molecule has 26 heavy (non-hydrogen) atoms. The lowest BCUT2D eigenvalue weighted by atomic mass is 9.47. The second kappa shape index (κ2) is 6.00. The number of hydrogen-bond donors (Lipinski definition) is 2. The molecule has 5 heteroatoms. The Morgan fingerprint density at radius 3 is 2.31 bits per heavy atom. The smallest absolute Gasteiger partial charge is 0.263 e. The van der Waals surface area contributed by atoms with E-state index >= 15 is 0 Å². The van der Waals surface area contributed by atoms with E-state index in [1.807, 2.05) is 30.3 Å². The summed E-state index contributed by atoms with van der Waals surface area (Å²) >= 11 is 0. The van der Waals surface area contributed by atoms with Gasteiger partial charge in [0.15, 0.2) is 5.60 Å². The normalized spacial score (nSPS) is 35.2. The second-order valence-corrected chi connectivity index (χ2v) is 9.04. The SMILES string of the molecule is CC(C)(Oc1ccccc1)C(=O)NC1[C@@H]2CC3C[C@H]1CC(C(N)=O)(C3)C2. The first-order valence-corrected chi connectivity index (χ1v) is 9.64. The van der Waals surface area contributed by atoms with Crippen LogP contribution in [0.1, 0.15) is 46.0 Å². The number of nitrogens with one attached hydrogen (secondary N) is 1. The lowest BCUT2D eigenvalue weighted by Gasteiger charge is -2.59. The van der Waals surface area contributed by atoms with Crippen LogP contribution in [0.4, 0.5) is 0 Å². The fourth-order valence-electron chi connectivity index (χ4n) is 5.72. The molecule has 2 amide bonds. The van der Waals surface area contributed by atoms with Crippen LogP contribution in [0, 0.1) is 23.2 Å². The summed E-state index contributed by atoms with van der Waals surface area (Å²) in [5, 5.41) is 3.26. The van der Waals surface area contributed by atoms with E-state index in [-0.39, 0.29) is 23.3 Å². The molecule has 3 unspecified atom stereocenters. The lowest BCUT2D eigenvalue weighted by molar-refractivity contribution is -0.150. The third kappa shape index (κ3) is 2.87. The summed E-state index contributed by atoms with van der Waals surface area (Å²) < 4.78 is 5.93. The molecule has 0 aromatic heterocycles. The van der Waals surface area contributed by atoms with Crippen LogP contribution in [-0.2, 0) is 9.59 Å². The largest absolute Gasteiger partial charge is 0.478 e. The Morgan fingerprint density at radius 2 is 1.73 bits per heavy atom. The summed E-state index contributed by atoms with van der Waals surface area (Å²) in [4.78, 5) is 25.0. The van der Waals surface area contributed by atoms with Crippen molar-refractivity contribution in [3.8, 4) is 5.75 Å². The minimum absolute atomic E-state index is 0.0908. The number of hydrogen-bond acceptors (Lipinski definition) is 3. The summed E-state index contributed by atoms with van der Waals surface area (Å²) in [5.41, 5.74) is 4.47. The Kier molecular flexibility index (Phi) is 4.01. The molecule has 0 radical (unpaired) electrons. The summed E-state index contributed by atoms with van der Waals surface area (Å²) in [5.74, 6) is 1.74. The molecule has 4 saturated carbocycles. The van der Waals surface area contributed by atoms with Crippen LogP contribution in [0.2, 0.25) is 0 Å². The van der Waals surface area contributed by atoms with E-state index in [0.717, 1.165) is 32.1 Å². The third-order valence-corrected chi connectivity index (χ3v) is 6.76. The number of ether oxygens (including phenoxy) is 1. The van der Waals surface area contributed by atoms with Gasteiger partial charge >= 0.3 is 0 Å². The third-order valence-electron chi connectivity index (χ3n) is 6.76. The number of carbonyl (C=O) groups excluding carboxylic acids is 2. The number of nitrogens with two attached hydrogens (primary N) is 1. The van der Waals surface area contributed by atoms with Crippen molar-refractivity contribution in [1.82, 2.24) is 5.32 Å². The molecule has 140 valence electrons. The molecule has 4 bridgehead atoms. The molecule has 0 saturated heterocycles. The first-order chi connectivity index (χ1) is 12.3. The molecule has 4 aliphatic carbocycles. The summed E-state index contributed by atoms with van der Waals surface area (Å²) in [6.07, 6.45) is 4.77. The zero-order chi connectivity index (χ0) is 18.5. The van der Waals surface area contributed by atoms with Gasteiger partial charge < -0.3 is 15.8 Å². The van der Waals surface area contributed by atoms with Crippen LogP contribution in [0.3, 0.4) is 0 Å². The van der Waals surface area contributed by atoms with Gasteiger partial charge in [-0.25, -0.2) is 0 Å². The predicted molar refractivity (Wildman–Crippen MR) is 98.3 cm³/mol. The first kappa shape index (κ1) is 17.4. The van der Waals surface area contributed by atoms with Gasteiger partial charge in [0.05, 0.1) is 0 Å². The number of carbonyl (C=O) groups is 2. The van der Waals surface area contributed by atoms with Crippen molar-refractivity contribution in [2.24, 2.45) is 28.9 Å². The quantitative estimate of drug-likeness (QED) is 0.851. The average molecular weight is 356 g/mol. The molecule has 0 heterocycles. The molecular formula is C21H28N2O3. The van der Waals surface area contributed by atoms with E-state index in [1.54, 1.807) is 13.8 Å². The predicted octanol–water partition coefficient (Wildman–Crippen LogP) is 2.64. The van der Waals surface area contributed by atoms with Gasteiger partial charge in [0.2, 0.25) is 5.91 Å². The van der Waals surface area contributed by atoms with E-state index < -0.39 is 5.60 Å². The maximum Gasteiger partial charge on any atom is 0.263 e. The zero-order valence-electron chi connectivity index (χ0n) is 15.5. The highest BCUT2D eigenvalue weighted by Crippen LogP contribution is 2.59. The Balaban J connectivity index is 1.46. The fraction of sp³-hybridized carbons (Fsp3) is 0.619. The maximum absolute atomic E-state index is 12.9. The summed E-state index contributed by atoms with van der Waals surface area (Å²) in [7, 11) is 0. The van der Waals surface area contributed by atoms with Crippen molar-refractivity contribution in [2.45, 2.75) is 57.6 Å². The highest BCUT2D eigenvalue weighted by molar-refractivity contribution is 5.85. The Labute approximate surface area is 154 Å². The summed E-state index contributed by atoms with van der Waals surface area (Å²) in [6, 6.07) is 9.55. The molecule has 3 N–H and O–H groups in total. The molecule has 5 rings (SSSR count). The average Bonchev–Trinajstić information content (AvgIpc) is 2.57. The molecule has 4 aliphatic rings. The molecule has 5 atom stereocenters. The van der Waals surface area contributed by atoms with Crippen LogP contribution in [0.5, 0.6) is 5.75 Å². The Morgan fingerprint density at radius 1 is 1.12 bits per heavy atom. The van der Waals surface area contributed by atoms with Gasteiger partial charge in [-0.15, -0.1) is 0 Å². The molecule has 1 aromatic rings. The van der Waals surface area contributed by atoms with Gasteiger partial charge in [0.25, 0.3) is 5.91 Å². The minimum Gasteiger partial charge on any atom is -0.478 e. The highest BCUT2D eigenvalue weighted by Gasteiger charge is 2.58. The zero-order valence-corrected chi connectivity index (χ0v) is 15.5. The number of primary amides is 1. The topological polar surface area (TPSA) is 81.4 Å². The van der Waals surface area contributed by atoms with Crippen molar-refractivity contribution < 1.29 is 14.3 Å². The monoisotopic (exact) mass is 356 g/mol. The van der Waals surface area contributed by atoms with Crippen LogP contribution < -0.4 is 15.8 Å². The molecule has 1 aromatic carbocycles. The van der Waals surface area contributed by atoms with E-state index in [2.05, 4.69) is 5.32 Å². The molecular weight excluding hydrogens is 328 g/mol. The number of benzene rings is 1. The maximum atomic E-state index is 12.9. The molecule has 0 aliphatic heterocycles. The van der Waals surface area contributed by atoms with Crippen LogP contribution in [-0.4, -0.2) is 23.5 Å². The van der Waals surface area contributed by atoms with Crippen LogP contribution in [0.15, 0.2) is 30.3 Å². The van der Waals surface area contributed by atoms with E-state index in [1.165, 1.54) is 0 Å². The van der Waals surface area contributed by atoms with Gasteiger partial charge in [0.1, 0.15) is 5.75 Å². The van der Waals surface area contributed by atoms with E-state index in [9.17, 15) is 9.59 Å². The van der Waals surface area contributed by atoms with E-state index in [0.29, 0.717) is 23.5 Å². The molecule has 0 spiro atoms. The lowest BCUT2D eigenvalue weighted by Crippen LogP contribution is -2.63. The highest BCUT2D eigenvalue weighted by atomic mass is 16.5. The van der Waals surface area contributed by atoms with E-state index in [4.69, 9.17) is 10.5 Å². The number of amides is 2. The minimum atomic E-state index is -0.947. The van der Waals surface area contributed by atoms with Crippen molar-refractivity contribution in [2.75, 3.05) is 0 Å². The van der Waals surface area contributed by atoms with Crippen LogP contribution in [0.25, 0.3) is 0 Å². The first-order valence-electron chi connectivity index (χ1n) is 9.64. The van der Waals surface area contributed by atoms with Gasteiger partial charge in [-0.1, -0.05) is 18.2 Å². The fourth-order valence-corrected chi connectivity index (χ4v) is 5.72.